The SMILES string of the molecule is CCCCC/C=C/c1cccc(O)c1CO. The summed E-state index contributed by atoms with van der Waals surface area (Å²) in [4.78, 5) is 0. The largest absolute Gasteiger partial charge is 0.508 e. The summed E-state index contributed by atoms with van der Waals surface area (Å²) < 4.78 is 0. The number of hydrogen-bond acceptors (Lipinski definition) is 2. The molecule has 0 heterocycles. The number of benzene rings is 1. The van der Waals surface area contributed by atoms with Gasteiger partial charge in [-0.05, 0) is 24.5 Å². The first-order valence-electron chi connectivity index (χ1n) is 5.87. The lowest BCUT2D eigenvalue weighted by atomic mass is 10.1. The number of aliphatic hydroxyl groups excluding tert-OH is 1. The molecule has 0 radical (unpaired) electrons. The molecule has 0 atom stereocenters. The Balaban J connectivity index is 2.62. The van der Waals surface area contributed by atoms with E-state index in [9.17, 15) is 5.11 Å². The van der Waals surface area contributed by atoms with E-state index in [1.807, 2.05) is 12.1 Å². The van der Waals surface area contributed by atoms with Crippen molar-refractivity contribution in [1.29, 1.82) is 0 Å². The maximum Gasteiger partial charge on any atom is 0.121 e. The Bertz CT molecular complexity index is 343. The van der Waals surface area contributed by atoms with Crippen LogP contribution in [0.5, 0.6) is 5.75 Å². The molecular weight excluding hydrogens is 200 g/mol. The Morgan fingerprint density at radius 2 is 2.06 bits per heavy atom. The quantitative estimate of drug-likeness (QED) is 0.720. The molecule has 2 nitrogen and oxygen atoms in total. The first-order chi connectivity index (χ1) is 7.79. The van der Waals surface area contributed by atoms with Gasteiger partial charge in [-0.2, -0.15) is 0 Å². The van der Waals surface area contributed by atoms with Gasteiger partial charge in [-0.25, -0.2) is 0 Å². The van der Waals surface area contributed by atoms with Crippen LogP contribution >= 0.6 is 0 Å². The second-order valence-corrected chi connectivity index (χ2v) is 3.90. The fourth-order valence-corrected chi connectivity index (χ4v) is 1.64. The fourth-order valence-electron chi connectivity index (χ4n) is 1.64. The van der Waals surface area contributed by atoms with Crippen LogP contribution < -0.4 is 0 Å². The Morgan fingerprint density at radius 1 is 1.25 bits per heavy atom. The molecule has 0 aliphatic heterocycles. The van der Waals surface area contributed by atoms with Crippen LogP contribution in [0.1, 0.15) is 43.7 Å². The normalized spacial score (nSPS) is 11.1. The maximum atomic E-state index is 9.54. The minimum absolute atomic E-state index is 0.124. The van der Waals surface area contributed by atoms with Crippen molar-refractivity contribution in [3.8, 4) is 5.75 Å². The molecule has 1 aromatic rings. The van der Waals surface area contributed by atoms with Gasteiger partial charge in [0.1, 0.15) is 5.75 Å². The van der Waals surface area contributed by atoms with Crippen LogP contribution in [-0.4, -0.2) is 10.2 Å². The third kappa shape index (κ3) is 3.70. The monoisotopic (exact) mass is 220 g/mol. The summed E-state index contributed by atoms with van der Waals surface area (Å²) in [6.07, 6.45) is 8.79. The van der Waals surface area contributed by atoms with Crippen molar-refractivity contribution in [1.82, 2.24) is 0 Å². The highest BCUT2D eigenvalue weighted by atomic mass is 16.3. The van der Waals surface area contributed by atoms with Crippen LogP contribution in [0.4, 0.5) is 0 Å². The van der Waals surface area contributed by atoms with Crippen molar-refractivity contribution in [3.05, 3.63) is 35.4 Å². The number of phenols is 1. The van der Waals surface area contributed by atoms with Crippen molar-refractivity contribution in [3.63, 3.8) is 0 Å². The Morgan fingerprint density at radius 3 is 2.75 bits per heavy atom. The van der Waals surface area contributed by atoms with E-state index in [1.165, 1.54) is 19.3 Å². The van der Waals surface area contributed by atoms with E-state index in [0.717, 1.165) is 12.0 Å². The van der Waals surface area contributed by atoms with Gasteiger partial charge in [0.05, 0.1) is 6.61 Å². The Hall–Kier alpha value is -1.28. The molecule has 1 rings (SSSR count). The lowest BCUT2D eigenvalue weighted by Gasteiger charge is -2.04. The van der Waals surface area contributed by atoms with Crippen molar-refractivity contribution in [2.45, 2.75) is 39.2 Å². The Labute approximate surface area is 97.2 Å². The van der Waals surface area contributed by atoms with E-state index < -0.39 is 0 Å². The van der Waals surface area contributed by atoms with Crippen LogP contribution in [0.2, 0.25) is 0 Å². The van der Waals surface area contributed by atoms with Gasteiger partial charge in [0.25, 0.3) is 0 Å². The first kappa shape index (κ1) is 12.8. The number of rotatable bonds is 6. The highest BCUT2D eigenvalue weighted by Crippen LogP contribution is 2.22. The summed E-state index contributed by atoms with van der Waals surface area (Å²) in [5, 5.41) is 18.7. The zero-order chi connectivity index (χ0) is 11.8. The molecule has 0 aliphatic carbocycles. The Kier molecular flexibility index (Phi) is 5.65. The topological polar surface area (TPSA) is 40.5 Å². The molecule has 0 amide bonds. The minimum atomic E-state index is -0.124. The zero-order valence-electron chi connectivity index (χ0n) is 9.82. The smallest absolute Gasteiger partial charge is 0.121 e. The van der Waals surface area contributed by atoms with E-state index in [0.29, 0.717) is 5.56 Å². The van der Waals surface area contributed by atoms with Gasteiger partial charge in [0, 0.05) is 5.56 Å². The molecule has 0 aliphatic rings. The average molecular weight is 220 g/mol. The van der Waals surface area contributed by atoms with E-state index in [-0.39, 0.29) is 12.4 Å². The molecule has 16 heavy (non-hydrogen) atoms. The summed E-state index contributed by atoms with van der Waals surface area (Å²) in [7, 11) is 0. The van der Waals surface area contributed by atoms with E-state index >= 15 is 0 Å². The second kappa shape index (κ2) is 7.07. The van der Waals surface area contributed by atoms with Crippen LogP contribution in [0.25, 0.3) is 6.08 Å². The predicted octanol–water partition coefficient (Wildman–Crippen LogP) is 3.48. The van der Waals surface area contributed by atoms with Crippen LogP contribution in [-0.2, 0) is 6.61 Å². The molecule has 0 saturated heterocycles. The van der Waals surface area contributed by atoms with Gasteiger partial charge in [-0.15, -0.1) is 0 Å². The lowest BCUT2D eigenvalue weighted by Crippen LogP contribution is -1.88. The van der Waals surface area contributed by atoms with Gasteiger partial charge in [-0.3, -0.25) is 0 Å². The summed E-state index contributed by atoms with van der Waals surface area (Å²) in [6, 6.07) is 5.29. The molecule has 0 spiro atoms. The fraction of sp³-hybridized carbons (Fsp3) is 0.429. The predicted molar refractivity (Wildman–Crippen MR) is 67.2 cm³/mol. The van der Waals surface area contributed by atoms with Crippen LogP contribution in [0.3, 0.4) is 0 Å². The summed E-state index contributed by atoms with van der Waals surface area (Å²) in [5.74, 6) is 0.165. The summed E-state index contributed by atoms with van der Waals surface area (Å²) >= 11 is 0. The third-order valence-corrected chi connectivity index (χ3v) is 2.62. The third-order valence-electron chi connectivity index (χ3n) is 2.62. The van der Waals surface area contributed by atoms with Crippen molar-refractivity contribution < 1.29 is 10.2 Å². The van der Waals surface area contributed by atoms with E-state index in [2.05, 4.69) is 13.0 Å². The summed E-state index contributed by atoms with van der Waals surface area (Å²) in [6.45, 7) is 2.06. The number of hydrogen-bond donors (Lipinski definition) is 2. The van der Waals surface area contributed by atoms with Crippen molar-refractivity contribution in [2.24, 2.45) is 0 Å². The maximum absolute atomic E-state index is 9.54. The minimum Gasteiger partial charge on any atom is -0.508 e. The van der Waals surface area contributed by atoms with Crippen molar-refractivity contribution >= 4 is 6.08 Å². The molecule has 2 heteroatoms. The second-order valence-electron chi connectivity index (χ2n) is 3.90. The molecule has 0 fully saturated rings. The highest BCUT2D eigenvalue weighted by molar-refractivity contribution is 5.57. The van der Waals surface area contributed by atoms with Gasteiger partial charge in [0.15, 0.2) is 0 Å². The molecular formula is C14H20O2. The van der Waals surface area contributed by atoms with E-state index in [1.54, 1.807) is 12.1 Å². The molecule has 88 valence electrons. The number of aromatic hydroxyl groups is 1. The van der Waals surface area contributed by atoms with E-state index in [4.69, 9.17) is 5.11 Å². The molecule has 0 bridgehead atoms. The molecule has 0 unspecified atom stereocenters. The molecule has 0 aromatic heterocycles. The summed E-state index contributed by atoms with van der Waals surface area (Å²) in [5.41, 5.74) is 1.51. The number of allylic oxidation sites excluding steroid dienone is 1. The van der Waals surface area contributed by atoms with Gasteiger partial charge >= 0.3 is 0 Å². The number of aliphatic hydroxyl groups is 1. The standard InChI is InChI=1S/C14H20O2/c1-2-3-4-5-6-8-12-9-7-10-14(16)13(12)11-15/h6-10,15-16H,2-5,11H2,1H3/b8-6+. The van der Waals surface area contributed by atoms with Gasteiger partial charge < -0.3 is 10.2 Å². The first-order valence-corrected chi connectivity index (χ1v) is 5.87. The molecule has 1 aromatic carbocycles. The van der Waals surface area contributed by atoms with Gasteiger partial charge in [0.2, 0.25) is 0 Å². The van der Waals surface area contributed by atoms with Crippen molar-refractivity contribution in [2.75, 3.05) is 0 Å². The van der Waals surface area contributed by atoms with Gasteiger partial charge in [-0.1, -0.05) is 44.1 Å². The molecule has 0 saturated carbocycles. The zero-order valence-corrected chi connectivity index (χ0v) is 9.82. The molecule has 2 N–H and O–H groups in total. The highest BCUT2D eigenvalue weighted by Gasteiger charge is 2.02. The van der Waals surface area contributed by atoms with Crippen LogP contribution in [0.15, 0.2) is 24.3 Å². The lowest BCUT2D eigenvalue weighted by molar-refractivity contribution is 0.275. The average Bonchev–Trinajstić information content (AvgIpc) is 2.29. The van der Waals surface area contributed by atoms with Crippen LogP contribution in [0, 0.1) is 0 Å². The number of unbranched alkanes of at least 4 members (excludes halogenated alkanes) is 3.